The molecule has 0 spiro atoms. The number of fused-ring (bicyclic) bond motifs is 1. The quantitative estimate of drug-likeness (QED) is 0.259. The van der Waals surface area contributed by atoms with E-state index in [0.29, 0.717) is 42.0 Å². The zero-order chi connectivity index (χ0) is 37.8. The fraction of sp³-hybridized carbons (Fsp3) is 0.474. The van der Waals surface area contributed by atoms with Crippen molar-refractivity contribution in [2.45, 2.75) is 56.6 Å². The summed E-state index contributed by atoms with van der Waals surface area (Å²) < 4.78 is 53.3. The van der Waals surface area contributed by atoms with Crippen LogP contribution in [0.4, 0.5) is 10.5 Å². The largest absolute Gasteiger partial charge is 0.497 e. The monoisotopic (exact) mass is 746 g/mol. The van der Waals surface area contributed by atoms with Gasteiger partial charge in [0.15, 0.2) is 0 Å². The Morgan fingerprint density at radius 3 is 2.36 bits per heavy atom. The molecule has 2 saturated heterocycles. The average molecular weight is 747 g/mol. The first-order valence-corrected chi connectivity index (χ1v) is 19.5. The van der Waals surface area contributed by atoms with E-state index in [-0.39, 0.29) is 52.1 Å². The molecule has 15 heteroatoms. The molecule has 0 saturated carbocycles. The number of likely N-dealkylation sites (tertiary alicyclic amines) is 1. The number of anilines is 1. The molecule has 53 heavy (non-hydrogen) atoms. The fourth-order valence-corrected chi connectivity index (χ4v) is 9.04. The third-order valence-corrected chi connectivity index (χ3v) is 11.8. The molecule has 4 heterocycles. The summed E-state index contributed by atoms with van der Waals surface area (Å²) in [5, 5.41) is 9.97. The molecule has 282 valence electrons. The number of pyridine rings is 1. The minimum Gasteiger partial charge on any atom is -0.497 e. The molecule has 1 unspecified atom stereocenters. The van der Waals surface area contributed by atoms with Gasteiger partial charge in [0.1, 0.15) is 16.4 Å². The lowest BCUT2D eigenvalue weighted by atomic mass is 9.87. The van der Waals surface area contributed by atoms with Crippen molar-refractivity contribution in [2.75, 3.05) is 70.4 Å². The number of nitrogens with zero attached hydrogens (tertiary/aromatic N) is 6. The molecule has 2 fully saturated rings. The van der Waals surface area contributed by atoms with Crippen LogP contribution in [-0.4, -0.2) is 112 Å². The first-order chi connectivity index (χ1) is 25.6. The molecule has 1 atom stereocenters. The van der Waals surface area contributed by atoms with Gasteiger partial charge in [-0.25, -0.2) is 18.2 Å². The molecule has 2 amide bonds. The number of piperazine rings is 1. The average Bonchev–Trinajstić information content (AvgIpc) is 3.42. The van der Waals surface area contributed by atoms with Gasteiger partial charge in [-0.15, -0.1) is 0 Å². The first kappa shape index (κ1) is 37.8. The van der Waals surface area contributed by atoms with Crippen molar-refractivity contribution in [3.63, 3.8) is 0 Å². The highest BCUT2D eigenvalue weighted by atomic mass is 32.2. The van der Waals surface area contributed by atoms with Crippen LogP contribution in [0.5, 0.6) is 17.4 Å². The predicted molar refractivity (Wildman–Crippen MR) is 196 cm³/mol. The topological polar surface area (TPSA) is 155 Å². The molecular weight excluding hydrogens is 701 g/mol. The molecule has 2 aromatic carbocycles. The second-order valence-corrected chi connectivity index (χ2v) is 14.9. The smallest absolute Gasteiger partial charge is 0.411 e. The molecule has 0 bridgehead atoms. The van der Waals surface area contributed by atoms with Gasteiger partial charge in [0.25, 0.3) is 21.5 Å². The van der Waals surface area contributed by atoms with E-state index in [1.807, 2.05) is 0 Å². The van der Waals surface area contributed by atoms with E-state index < -0.39 is 27.6 Å². The van der Waals surface area contributed by atoms with E-state index in [2.05, 4.69) is 27.8 Å². The number of carbonyl (C=O) groups is 2. The van der Waals surface area contributed by atoms with Crippen LogP contribution in [-0.2, 0) is 25.2 Å². The lowest BCUT2D eigenvalue weighted by Crippen LogP contribution is -2.54. The zero-order valence-electron chi connectivity index (χ0n) is 30.6. The van der Waals surface area contributed by atoms with E-state index in [9.17, 15) is 18.5 Å². The van der Waals surface area contributed by atoms with Crippen LogP contribution >= 0.6 is 0 Å². The summed E-state index contributed by atoms with van der Waals surface area (Å²) in [6, 6.07) is 13.8. The van der Waals surface area contributed by atoms with Crippen LogP contribution in [0.3, 0.4) is 0 Å². The van der Waals surface area contributed by atoms with Crippen LogP contribution in [0.2, 0.25) is 0 Å². The number of benzene rings is 2. The summed E-state index contributed by atoms with van der Waals surface area (Å²) in [5.74, 6) is -0.802. The van der Waals surface area contributed by atoms with Gasteiger partial charge >= 0.3 is 6.09 Å². The molecule has 0 N–H and O–H groups in total. The number of nitriles is 1. The fourth-order valence-electron chi connectivity index (χ4n) is 7.47. The van der Waals surface area contributed by atoms with Gasteiger partial charge in [-0.1, -0.05) is 6.92 Å². The number of rotatable bonds is 12. The molecule has 0 aliphatic carbocycles. The summed E-state index contributed by atoms with van der Waals surface area (Å²) >= 11 is 0. The van der Waals surface area contributed by atoms with Gasteiger partial charge < -0.3 is 28.7 Å². The number of sulfonamides is 1. The van der Waals surface area contributed by atoms with Gasteiger partial charge in [-0.2, -0.15) is 9.57 Å². The number of hydrogen-bond donors (Lipinski definition) is 0. The third kappa shape index (κ3) is 7.10. The van der Waals surface area contributed by atoms with Crippen LogP contribution in [0.25, 0.3) is 0 Å². The molecule has 14 nitrogen and oxygen atoms in total. The van der Waals surface area contributed by atoms with Crippen molar-refractivity contribution in [3.8, 4) is 23.4 Å². The van der Waals surface area contributed by atoms with Crippen molar-refractivity contribution in [3.05, 3.63) is 71.4 Å². The predicted octanol–water partition coefficient (Wildman–Crippen LogP) is 4.37. The Labute approximate surface area is 310 Å². The number of piperidine rings is 1. The maximum absolute atomic E-state index is 15.2. The molecule has 3 aliphatic rings. The Morgan fingerprint density at radius 1 is 0.962 bits per heavy atom. The molecule has 0 radical (unpaired) electrons. The van der Waals surface area contributed by atoms with Crippen molar-refractivity contribution in [2.24, 2.45) is 0 Å². The Balaban J connectivity index is 1.41. The molecule has 3 aliphatic heterocycles. The summed E-state index contributed by atoms with van der Waals surface area (Å²) in [5.41, 5.74) is -2.35. The van der Waals surface area contributed by atoms with Crippen molar-refractivity contribution < 1.29 is 37.0 Å². The minimum atomic E-state index is -4.75. The SMILES string of the molecule is CCCN1CCN(C2CCN(C(=O)OC3(c4cccnc4OCC)C(=O)N(S(=O)(=O)c4ccc(OC)cc4OCC)c4ccc(C#N)cc43)CC2)CC1. The van der Waals surface area contributed by atoms with E-state index in [0.717, 1.165) is 39.1 Å². The number of aromatic nitrogens is 1. The molecular formula is C38H46N6O8S. The number of amides is 2. The second kappa shape index (κ2) is 16.0. The van der Waals surface area contributed by atoms with Gasteiger partial charge in [0, 0.05) is 63.1 Å². The molecule has 3 aromatic rings. The van der Waals surface area contributed by atoms with E-state index in [1.54, 1.807) is 24.8 Å². The normalized spacial score (nSPS) is 19.8. The highest BCUT2D eigenvalue weighted by molar-refractivity contribution is 7.93. The number of hydrogen-bond acceptors (Lipinski definition) is 12. The van der Waals surface area contributed by atoms with E-state index >= 15 is 4.79 Å². The zero-order valence-corrected chi connectivity index (χ0v) is 31.4. The summed E-state index contributed by atoms with van der Waals surface area (Å²) in [6.45, 7) is 11.7. The Hall–Kier alpha value is -4.91. The third-order valence-electron chi connectivity index (χ3n) is 10.0. The number of ether oxygens (including phenoxy) is 4. The number of methoxy groups -OCH3 is 1. The Kier molecular flexibility index (Phi) is 11.4. The van der Waals surface area contributed by atoms with Gasteiger partial charge in [-0.05, 0) is 82.1 Å². The highest BCUT2D eigenvalue weighted by Gasteiger charge is 2.61. The number of carbonyl (C=O) groups excluding carboxylic acids is 2. The van der Waals surface area contributed by atoms with Gasteiger partial charge in [0.2, 0.25) is 5.88 Å². The van der Waals surface area contributed by atoms with Gasteiger partial charge in [0.05, 0.1) is 43.2 Å². The molecule has 6 rings (SSSR count). The van der Waals surface area contributed by atoms with Crippen molar-refractivity contribution in [1.82, 2.24) is 19.7 Å². The summed E-state index contributed by atoms with van der Waals surface area (Å²) in [6.07, 6.45) is 3.21. The van der Waals surface area contributed by atoms with Crippen LogP contribution in [0, 0.1) is 11.3 Å². The van der Waals surface area contributed by atoms with E-state index in [1.165, 1.54) is 55.8 Å². The second-order valence-electron chi connectivity index (χ2n) is 13.1. The lowest BCUT2D eigenvalue weighted by Gasteiger charge is -2.43. The van der Waals surface area contributed by atoms with Crippen molar-refractivity contribution in [1.29, 1.82) is 5.26 Å². The maximum Gasteiger partial charge on any atom is 0.411 e. The Morgan fingerprint density at radius 2 is 1.70 bits per heavy atom. The molecule has 1 aromatic heterocycles. The summed E-state index contributed by atoms with van der Waals surface area (Å²) in [4.78, 5) is 40.1. The van der Waals surface area contributed by atoms with Crippen LogP contribution < -0.4 is 18.5 Å². The lowest BCUT2D eigenvalue weighted by molar-refractivity contribution is -0.132. The van der Waals surface area contributed by atoms with Gasteiger partial charge in [-0.3, -0.25) is 9.69 Å². The maximum atomic E-state index is 15.2. The van der Waals surface area contributed by atoms with E-state index in [4.69, 9.17) is 18.9 Å². The summed E-state index contributed by atoms with van der Waals surface area (Å²) in [7, 11) is -3.31. The minimum absolute atomic E-state index is 0.0151. The van der Waals surface area contributed by atoms with Crippen molar-refractivity contribution >= 4 is 27.7 Å². The standard InChI is InChI=1S/C38H46N6O8S/c1-5-17-41-20-22-42(23-21-41)28-14-18-43(19-15-28)37(46)52-38(30-9-8-16-40-35(30)51-7-3)31-24-27(26-39)10-12-32(31)44(36(38)45)53(47,48)34-13-11-29(49-4)25-33(34)50-6-2/h8-13,16,24-25,28H,5-7,14-15,17-23H2,1-4H3. The highest BCUT2D eigenvalue weighted by Crippen LogP contribution is 2.52. The first-order valence-electron chi connectivity index (χ1n) is 18.1. The Bertz CT molecular complexity index is 1970. The van der Waals surface area contributed by atoms with Crippen LogP contribution in [0.1, 0.15) is 56.7 Å². The van der Waals surface area contributed by atoms with Crippen LogP contribution in [0.15, 0.2) is 59.6 Å².